The Labute approximate surface area is 121 Å². The molecule has 1 unspecified atom stereocenters. The third-order valence-corrected chi connectivity index (χ3v) is 3.55. The van der Waals surface area contributed by atoms with Crippen LogP contribution in [0.5, 0.6) is 0 Å². The molecule has 114 valence electrons. The van der Waals surface area contributed by atoms with Crippen LogP contribution >= 0.6 is 0 Å². The zero-order valence-electron chi connectivity index (χ0n) is 11.4. The second kappa shape index (κ2) is 6.20. The molecule has 1 atom stereocenters. The van der Waals surface area contributed by atoms with Crippen molar-refractivity contribution in [3.63, 3.8) is 0 Å². The fourth-order valence-electron chi connectivity index (χ4n) is 2.32. The lowest BCUT2D eigenvalue weighted by Gasteiger charge is -2.33. The van der Waals surface area contributed by atoms with E-state index in [0.29, 0.717) is 18.7 Å². The number of piperidine rings is 1. The van der Waals surface area contributed by atoms with Crippen molar-refractivity contribution < 1.29 is 18.0 Å². The molecule has 1 aliphatic rings. The first-order valence-electron chi connectivity index (χ1n) is 6.75. The molecule has 1 aliphatic heterocycles. The molecule has 0 aliphatic carbocycles. The highest BCUT2D eigenvalue weighted by Gasteiger charge is 2.42. The number of halogens is 3. The molecular formula is C15H17F3N2O. The van der Waals surface area contributed by atoms with Crippen molar-refractivity contribution in [3.05, 3.63) is 35.9 Å². The summed E-state index contributed by atoms with van der Waals surface area (Å²) in [7, 11) is 0. The van der Waals surface area contributed by atoms with E-state index in [4.69, 9.17) is 5.73 Å². The summed E-state index contributed by atoms with van der Waals surface area (Å²) in [4.78, 5) is 13.2. The van der Waals surface area contributed by atoms with E-state index in [9.17, 15) is 18.0 Å². The molecule has 0 saturated carbocycles. The maximum atomic E-state index is 12.7. The molecule has 0 radical (unpaired) electrons. The molecule has 1 heterocycles. The van der Waals surface area contributed by atoms with E-state index < -0.39 is 12.1 Å². The first-order valence-corrected chi connectivity index (χ1v) is 6.75. The van der Waals surface area contributed by atoms with Crippen LogP contribution in [0.2, 0.25) is 0 Å². The Morgan fingerprint density at radius 3 is 2.57 bits per heavy atom. The van der Waals surface area contributed by atoms with Gasteiger partial charge in [0.15, 0.2) is 0 Å². The van der Waals surface area contributed by atoms with Crippen LogP contribution in [-0.2, 0) is 4.79 Å². The molecule has 1 fully saturated rings. The number of rotatable bonds is 2. The first kappa shape index (κ1) is 15.4. The molecule has 0 spiro atoms. The number of carbonyl (C=O) groups excluding carboxylic acids is 1. The molecule has 3 nitrogen and oxygen atoms in total. The Hall–Kier alpha value is -1.98. The number of alkyl halides is 3. The molecule has 1 aromatic carbocycles. The lowest BCUT2D eigenvalue weighted by Crippen LogP contribution is -2.44. The SMILES string of the molecule is Nc1ccc(/C=C/C(=O)N2CCCC(C(F)(F)F)C2)cc1. The smallest absolute Gasteiger partial charge is 0.393 e. The van der Waals surface area contributed by atoms with Crippen molar-refractivity contribution in [2.45, 2.75) is 19.0 Å². The zero-order chi connectivity index (χ0) is 15.5. The number of carbonyl (C=O) groups is 1. The minimum absolute atomic E-state index is 0.0922. The average Bonchev–Trinajstić information content (AvgIpc) is 2.45. The number of hydrogen-bond acceptors (Lipinski definition) is 2. The van der Waals surface area contributed by atoms with Gasteiger partial charge in [-0.1, -0.05) is 12.1 Å². The average molecular weight is 298 g/mol. The van der Waals surface area contributed by atoms with Crippen LogP contribution in [0.25, 0.3) is 6.08 Å². The van der Waals surface area contributed by atoms with Crippen molar-refractivity contribution in [1.82, 2.24) is 4.90 Å². The summed E-state index contributed by atoms with van der Waals surface area (Å²) in [5.41, 5.74) is 6.94. The number of anilines is 1. The Morgan fingerprint density at radius 2 is 1.95 bits per heavy atom. The third kappa shape index (κ3) is 4.24. The van der Waals surface area contributed by atoms with Crippen molar-refractivity contribution in [2.75, 3.05) is 18.8 Å². The van der Waals surface area contributed by atoms with Gasteiger partial charge < -0.3 is 10.6 Å². The van der Waals surface area contributed by atoms with Gasteiger partial charge in [-0.25, -0.2) is 0 Å². The number of nitrogens with zero attached hydrogens (tertiary/aromatic N) is 1. The molecule has 1 saturated heterocycles. The zero-order valence-corrected chi connectivity index (χ0v) is 11.4. The van der Waals surface area contributed by atoms with Gasteiger partial charge in [0, 0.05) is 24.9 Å². The molecule has 0 bridgehead atoms. The van der Waals surface area contributed by atoms with Crippen molar-refractivity contribution in [2.24, 2.45) is 5.92 Å². The fraction of sp³-hybridized carbons (Fsp3) is 0.400. The maximum absolute atomic E-state index is 12.7. The lowest BCUT2D eigenvalue weighted by atomic mass is 9.97. The summed E-state index contributed by atoms with van der Waals surface area (Å²) in [6, 6.07) is 6.89. The van der Waals surface area contributed by atoms with E-state index in [1.807, 2.05) is 0 Å². The number of likely N-dealkylation sites (tertiary alicyclic amines) is 1. The molecule has 2 rings (SSSR count). The van der Waals surface area contributed by atoms with Gasteiger partial charge in [-0.05, 0) is 36.6 Å². The van der Waals surface area contributed by atoms with Crippen LogP contribution in [0.4, 0.5) is 18.9 Å². The Morgan fingerprint density at radius 1 is 1.29 bits per heavy atom. The highest BCUT2D eigenvalue weighted by atomic mass is 19.4. The molecular weight excluding hydrogens is 281 g/mol. The monoisotopic (exact) mass is 298 g/mol. The molecule has 1 aromatic rings. The van der Waals surface area contributed by atoms with E-state index in [-0.39, 0.29) is 18.9 Å². The Bertz CT molecular complexity index is 523. The highest BCUT2D eigenvalue weighted by Crippen LogP contribution is 2.33. The lowest BCUT2D eigenvalue weighted by molar-refractivity contribution is -0.187. The summed E-state index contributed by atoms with van der Waals surface area (Å²) < 4.78 is 38.1. The number of nitrogen functional groups attached to an aromatic ring is 1. The van der Waals surface area contributed by atoms with Crippen LogP contribution in [0.3, 0.4) is 0 Å². The normalized spacial score (nSPS) is 20.0. The van der Waals surface area contributed by atoms with Crippen LogP contribution in [-0.4, -0.2) is 30.1 Å². The van der Waals surface area contributed by atoms with Gasteiger partial charge in [-0.3, -0.25) is 4.79 Å². The van der Waals surface area contributed by atoms with Crippen molar-refractivity contribution in [1.29, 1.82) is 0 Å². The van der Waals surface area contributed by atoms with Gasteiger partial charge in [0.1, 0.15) is 0 Å². The third-order valence-electron chi connectivity index (χ3n) is 3.55. The van der Waals surface area contributed by atoms with E-state index in [1.165, 1.54) is 11.0 Å². The summed E-state index contributed by atoms with van der Waals surface area (Å²) in [6.45, 7) is 0.117. The summed E-state index contributed by atoms with van der Waals surface area (Å²) in [5, 5.41) is 0. The molecule has 2 N–H and O–H groups in total. The largest absolute Gasteiger partial charge is 0.399 e. The molecule has 0 aromatic heterocycles. The first-order chi connectivity index (χ1) is 9.86. The maximum Gasteiger partial charge on any atom is 0.393 e. The standard InChI is InChI=1S/C15H17F3N2O/c16-15(17,18)12-2-1-9-20(10-12)14(21)8-5-11-3-6-13(19)7-4-11/h3-8,12H,1-2,9-10,19H2/b8-5+. The molecule has 21 heavy (non-hydrogen) atoms. The summed E-state index contributed by atoms with van der Waals surface area (Å²) in [5.74, 6) is -1.80. The second-order valence-corrected chi connectivity index (χ2v) is 5.17. The van der Waals surface area contributed by atoms with Crippen molar-refractivity contribution in [3.8, 4) is 0 Å². The Balaban J connectivity index is 1.98. The van der Waals surface area contributed by atoms with Gasteiger partial charge in [0.25, 0.3) is 0 Å². The highest BCUT2D eigenvalue weighted by molar-refractivity contribution is 5.91. The van der Waals surface area contributed by atoms with E-state index in [2.05, 4.69) is 0 Å². The fourth-order valence-corrected chi connectivity index (χ4v) is 2.32. The van der Waals surface area contributed by atoms with E-state index >= 15 is 0 Å². The number of hydrogen-bond donors (Lipinski definition) is 1. The number of benzene rings is 1. The molecule has 6 heteroatoms. The van der Waals surface area contributed by atoms with Crippen LogP contribution in [0, 0.1) is 5.92 Å². The quantitative estimate of drug-likeness (QED) is 0.673. The van der Waals surface area contributed by atoms with Crippen LogP contribution in [0.1, 0.15) is 18.4 Å². The predicted octanol–water partition coefficient (Wildman–Crippen LogP) is 3.08. The van der Waals surface area contributed by atoms with E-state index in [0.717, 1.165) is 5.56 Å². The van der Waals surface area contributed by atoms with E-state index in [1.54, 1.807) is 30.3 Å². The topological polar surface area (TPSA) is 46.3 Å². The Kier molecular flexibility index (Phi) is 4.55. The van der Waals surface area contributed by atoms with Gasteiger partial charge in [-0.15, -0.1) is 0 Å². The van der Waals surface area contributed by atoms with Crippen LogP contribution < -0.4 is 5.73 Å². The molecule has 1 amide bonds. The van der Waals surface area contributed by atoms with Gasteiger partial charge in [-0.2, -0.15) is 13.2 Å². The van der Waals surface area contributed by atoms with Gasteiger partial charge in [0.2, 0.25) is 5.91 Å². The minimum Gasteiger partial charge on any atom is -0.399 e. The number of amides is 1. The van der Waals surface area contributed by atoms with Gasteiger partial charge in [0.05, 0.1) is 5.92 Å². The van der Waals surface area contributed by atoms with Crippen LogP contribution in [0.15, 0.2) is 30.3 Å². The predicted molar refractivity (Wildman–Crippen MR) is 75.2 cm³/mol. The summed E-state index contributed by atoms with van der Waals surface area (Å²) >= 11 is 0. The van der Waals surface area contributed by atoms with Gasteiger partial charge >= 0.3 is 6.18 Å². The second-order valence-electron chi connectivity index (χ2n) is 5.17. The minimum atomic E-state index is -4.24. The number of nitrogens with two attached hydrogens (primary N) is 1. The van der Waals surface area contributed by atoms with Crippen molar-refractivity contribution >= 4 is 17.7 Å². The summed E-state index contributed by atoms with van der Waals surface area (Å²) in [6.07, 6.45) is -0.872.